The molecule has 0 N–H and O–H groups in total. The summed E-state index contributed by atoms with van der Waals surface area (Å²) in [5, 5.41) is 0.276. The van der Waals surface area contributed by atoms with Crippen LogP contribution >= 0.6 is 23.5 Å². The molecular formula is C17H34OS2Si. The molecule has 1 aliphatic rings. The molecule has 0 bridgehead atoms. The molecule has 0 spiro atoms. The minimum Gasteiger partial charge on any atom is -0.414 e. The summed E-state index contributed by atoms with van der Waals surface area (Å²) in [6, 6.07) is 0. The summed E-state index contributed by atoms with van der Waals surface area (Å²) in [5.41, 5.74) is 0. The van der Waals surface area contributed by atoms with E-state index in [2.05, 4.69) is 70.9 Å². The van der Waals surface area contributed by atoms with E-state index in [1.54, 1.807) is 0 Å². The molecule has 1 rings (SSSR count). The summed E-state index contributed by atoms with van der Waals surface area (Å²) in [5.74, 6) is 2.61. The van der Waals surface area contributed by atoms with E-state index in [0.717, 1.165) is 12.8 Å². The lowest BCUT2D eigenvalue weighted by Crippen LogP contribution is -2.45. The fourth-order valence-corrected chi connectivity index (χ4v) is 7.10. The fraction of sp³-hybridized carbons (Fsp3) is 0.882. The van der Waals surface area contributed by atoms with Crippen molar-refractivity contribution in [1.29, 1.82) is 0 Å². The van der Waals surface area contributed by atoms with Crippen LogP contribution in [0, 0.1) is 0 Å². The van der Waals surface area contributed by atoms with Crippen LogP contribution in [0.5, 0.6) is 0 Å². The zero-order valence-corrected chi connectivity index (χ0v) is 17.5. The van der Waals surface area contributed by atoms with Gasteiger partial charge in [-0.15, -0.1) is 30.1 Å². The number of rotatable bonds is 7. The molecule has 21 heavy (non-hydrogen) atoms. The molecule has 1 fully saturated rings. The van der Waals surface area contributed by atoms with Crippen LogP contribution in [-0.2, 0) is 4.43 Å². The summed E-state index contributed by atoms with van der Waals surface area (Å²) in [7, 11) is -1.70. The van der Waals surface area contributed by atoms with Gasteiger partial charge in [-0.25, -0.2) is 0 Å². The Balaban J connectivity index is 2.79. The van der Waals surface area contributed by atoms with E-state index in [1.165, 1.54) is 24.3 Å². The Kier molecular flexibility index (Phi) is 7.43. The largest absolute Gasteiger partial charge is 0.414 e. The molecule has 124 valence electrons. The van der Waals surface area contributed by atoms with Crippen molar-refractivity contribution in [2.75, 3.05) is 11.5 Å². The second-order valence-corrected chi connectivity index (χ2v) is 15.5. The second kappa shape index (κ2) is 7.94. The highest BCUT2D eigenvalue weighted by Gasteiger charge is 2.41. The predicted octanol–water partition coefficient (Wildman–Crippen LogP) is 6.32. The number of hydrogen-bond donors (Lipinski definition) is 0. The van der Waals surface area contributed by atoms with E-state index in [9.17, 15) is 0 Å². The van der Waals surface area contributed by atoms with Crippen LogP contribution in [0.25, 0.3) is 0 Å². The molecule has 1 atom stereocenters. The van der Waals surface area contributed by atoms with Crippen molar-refractivity contribution >= 4 is 31.8 Å². The van der Waals surface area contributed by atoms with E-state index in [1.807, 2.05) is 6.08 Å². The third-order valence-electron chi connectivity index (χ3n) is 4.79. The van der Waals surface area contributed by atoms with Crippen LogP contribution in [-0.4, -0.2) is 30.0 Å². The van der Waals surface area contributed by atoms with Gasteiger partial charge >= 0.3 is 0 Å². The van der Waals surface area contributed by atoms with Gasteiger partial charge < -0.3 is 4.43 Å². The summed E-state index contributed by atoms with van der Waals surface area (Å²) in [6.07, 6.45) is 7.11. The van der Waals surface area contributed by atoms with Crippen LogP contribution in [0.4, 0.5) is 0 Å². The van der Waals surface area contributed by atoms with Crippen molar-refractivity contribution in [1.82, 2.24) is 0 Å². The van der Waals surface area contributed by atoms with Gasteiger partial charge in [0.05, 0.1) is 10.2 Å². The lowest BCUT2D eigenvalue weighted by molar-refractivity contribution is 0.169. The van der Waals surface area contributed by atoms with E-state index < -0.39 is 8.32 Å². The average Bonchev–Trinajstić information content (AvgIpc) is 2.38. The molecule has 1 heterocycles. The van der Waals surface area contributed by atoms with Gasteiger partial charge in [0.1, 0.15) is 0 Å². The molecule has 0 unspecified atom stereocenters. The van der Waals surface area contributed by atoms with Gasteiger partial charge in [0, 0.05) is 0 Å². The standard InChI is InChI=1S/C17H34OS2Si/c1-8-11-15(18-21(6,7)16(3,4)5)14-17(9-2)19-12-10-13-20-17/h8,15H,1,9-14H2,2-7H3/t15-/m1/s1. The minimum absolute atomic E-state index is 0.276. The molecule has 0 radical (unpaired) electrons. The van der Waals surface area contributed by atoms with Gasteiger partial charge in [-0.3, -0.25) is 0 Å². The summed E-state index contributed by atoms with van der Waals surface area (Å²) >= 11 is 4.32. The van der Waals surface area contributed by atoms with Crippen molar-refractivity contribution in [3.8, 4) is 0 Å². The van der Waals surface area contributed by atoms with Crippen LogP contribution in [0.15, 0.2) is 12.7 Å². The Hall–Kier alpha value is 0.617. The van der Waals surface area contributed by atoms with E-state index >= 15 is 0 Å². The first kappa shape index (κ1) is 19.7. The second-order valence-electron chi connectivity index (χ2n) is 7.54. The molecule has 0 aromatic carbocycles. The Morgan fingerprint density at radius 3 is 2.29 bits per heavy atom. The maximum atomic E-state index is 6.71. The zero-order valence-electron chi connectivity index (χ0n) is 14.8. The Labute approximate surface area is 142 Å². The lowest BCUT2D eigenvalue weighted by Gasteiger charge is -2.43. The fourth-order valence-electron chi connectivity index (χ4n) is 2.38. The third kappa shape index (κ3) is 5.63. The van der Waals surface area contributed by atoms with Crippen LogP contribution in [0.2, 0.25) is 18.1 Å². The highest BCUT2D eigenvalue weighted by molar-refractivity contribution is 8.18. The van der Waals surface area contributed by atoms with Crippen molar-refractivity contribution in [3.05, 3.63) is 12.7 Å². The van der Waals surface area contributed by atoms with Crippen molar-refractivity contribution in [2.45, 2.75) is 81.7 Å². The van der Waals surface area contributed by atoms with Crippen LogP contribution in [0.1, 0.15) is 53.4 Å². The first-order valence-corrected chi connectivity index (χ1v) is 13.1. The number of thioether (sulfide) groups is 2. The molecule has 0 amide bonds. The Morgan fingerprint density at radius 1 is 1.29 bits per heavy atom. The molecular weight excluding hydrogens is 312 g/mol. The van der Waals surface area contributed by atoms with Gasteiger partial charge in [0.25, 0.3) is 0 Å². The van der Waals surface area contributed by atoms with E-state index in [4.69, 9.17) is 4.43 Å². The Morgan fingerprint density at radius 2 is 1.86 bits per heavy atom. The molecule has 0 aromatic heterocycles. The molecule has 0 aromatic rings. The van der Waals surface area contributed by atoms with Gasteiger partial charge in [0.2, 0.25) is 0 Å². The van der Waals surface area contributed by atoms with Gasteiger partial charge in [-0.05, 0) is 55.3 Å². The smallest absolute Gasteiger partial charge is 0.192 e. The third-order valence-corrected chi connectivity index (χ3v) is 13.0. The summed E-state index contributed by atoms with van der Waals surface area (Å²) in [4.78, 5) is 0. The first-order chi connectivity index (χ1) is 9.66. The van der Waals surface area contributed by atoms with E-state index in [-0.39, 0.29) is 5.04 Å². The number of hydrogen-bond acceptors (Lipinski definition) is 3. The van der Waals surface area contributed by atoms with Crippen molar-refractivity contribution < 1.29 is 4.43 Å². The average molecular weight is 347 g/mol. The highest BCUT2D eigenvalue weighted by Crippen LogP contribution is 2.49. The highest BCUT2D eigenvalue weighted by atomic mass is 32.2. The SMILES string of the molecule is C=CC[C@H](CC1(CC)SCCCS1)O[Si](C)(C)C(C)(C)C. The minimum atomic E-state index is -1.70. The first-order valence-electron chi connectivity index (χ1n) is 8.22. The Bertz CT molecular complexity index is 330. The molecule has 0 aliphatic carbocycles. The molecule has 1 aliphatic heterocycles. The zero-order chi connectivity index (χ0) is 16.1. The molecule has 1 saturated heterocycles. The predicted molar refractivity (Wildman–Crippen MR) is 104 cm³/mol. The monoisotopic (exact) mass is 346 g/mol. The summed E-state index contributed by atoms with van der Waals surface area (Å²) in [6.45, 7) is 18.0. The van der Waals surface area contributed by atoms with E-state index in [0.29, 0.717) is 10.2 Å². The van der Waals surface area contributed by atoms with Crippen LogP contribution in [0.3, 0.4) is 0 Å². The normalized spacial score (nSPS) is 21.0. The van der Waals surface area contributed by atoms with Crippen molar-refractivity contribution in [2.24, 2.45) is 0 Å². The van der Waals surface area contributed by atoms with Gasteiger partial charge in [-0.1, -0.05) is 33.8 Å². The van der Waals surface area contributed by atoms with Crippen molar-refractivity contribution in [3.63, 3.8) is 0 Å². The molecule has 4 heteroatoms. The van der Waals surface area contributed by atoms with Gasteiger partial charge in [-0.2, -0.15) is 0 Å². The van der Waals surface area contributed by atoms with Crippen LogP contribution < -0.4 is 0 Å². The molecule has 0 saturated carbocycles. The maximum Gasteiger partial charge on any atom is 0.192 e. The van der Waals surface area contributed by atoms with Gasteiger partial charge in [0.15, 0.2) is 8.32 Å². The maximum absolute atomic E-state index is 6.71. The topological polar surface area (TPSA) is 9.23 Å². The quantitative estimate of drug-likeness (QED) is 0.394. The summed E-state index contributed by atoms with van der Waals surface area (Å²) < 4.78 is 7.08. The lowest BCUT2D eigenvalue weighted by atomic mass is 10.1. The molecule has 1 nitrogen and oxygen atoms in total.